The number of hydrogen-bond acceptors (Lipinski definition) is 0. The van der Waals surface area contributed by atoms with Gasteiger partial charge in [-0.2, -0.15) is 0 Å². The number of hydrogen-bond donors (Lipinski definition) is 0. The summed E-state index contributed by atoms with van der Waals surface area (Å²) in [6, 6.07) is 0. The van der Waals surface area contributed by atoms with E-state index in [4.69, 9.17) is 11.6 Å². The minimum absolute atomic E-state index is 0.562. The highest BCUT2D eigenvalue weighted by Crippen LogP contribution is 2.14. The van der Waals surface area contributed by atoms with Gasteiger partial charge in [-0.3, -0.25) is 0 Å². The average molecular weight is 155 g/mol. The minimum atomic E-state index is 0.562. The van der Waals surface area contributed by atoms with E-state index in [1.54, 1.807) is 0 Å². The van der Waals surface area contributed by atoms with Gasteiger partial charge >= 0.3 is 0 Å². The molecule has 0 saturated carbocycles. The molecule has 54 valence electrons. The molecule has 10 heavy (non-hydrogen) atoms. The van der Waals surface area contributed by atoms with Crippen molar-refractivity contribution in [3.63, 3.8) is 0 Å². The van der Waals surface area contributed by atoms with E-state index in [2.05, 4.69) is 19.1 Å². The van der Waals surface area contributed by atoms with Crippen LogP contribution in [0.15, 0.2) is 35.4 Å². The summed E-state index contributed by atoms with van der Waals surface area (Å²) in [5.74, 6) is 0.562. The smallest absolute Gasteiger partial charge is 0.0402 e. The van der Waals surface area contributed by atoms with E-state index in [-0.39, 0.29) is 0 Å². The molecule has 0 aromatic rings. The van der Waals surface area contributed by atoms with Gasteiger partial charge in [-0.1, -0.05) is 36.8 Å². The van der Waals surface area contributed by atoms with Gasteiger partial charge in [0.25, 0.3) is 0 Å². The van der Waals surface area contributed by atoms with Crippen LogP contribution in [0.25, 0.3) is 0 Å². The van der Waals surface area contributed by atoms with Gasteiger partial charge in [-0.25, -0.2) is 0 Å². The lowest BCUT2D eigenvalue weighted by Crippen LogP contribution is -1.85. The molecule has 1 atom stereocenters. The van der Waals surface area contributed by atoms with E-state index in [0.29, 0.717) is 5.92 Å². The molecule has 1 heteroatoms. The zero-order valence-electron chi connectivity index (χ0n) is 6.05. The molecule has 0 amide bonds. The van der Waals surface area contributed by atoms with Crippen molar-refractivity contribution in [2.45, 2.75) is 13.3 Å². The summed E-state index contributed by atoms with van der Waals surface area (Å²) in [7, 11) is 0. The third-order valence-corrected chi connectivity index (χ3v) is 1.84. The molecule has 0 aromatic heterocycles. The summed E-state index contributed by atoms with van der Waals surface area (Å²) < 4.78 is 0. The molecule has 1 unspecified atom stereocenters. The molecule has 0 N–H and O–H groups in total. The zero-order chi connectivity index (χ0) is 7.40. The van der Waals surface area contributed by atoms with E-state index in [9.17, 15) is 0 Å². The maximum atomic E-state index is 5.77. The first-order valence-corrected chi connectivity index (χ1v) is 3.93. The average Bonchev–Trinajstić information content (AvgIpc) is 2.14. The first-order chi connectivity index (χ1) is 4.83. The first-order valence-electron chi connectivity index (χ1n) is 3.55. The second kappa shape index (κ2) is 3.62. The minimum Gasteiger partial charge on any atom is -0.0844 e. The molecule has 1 aliphatic carbocycles. The SMILES string of the molecule is CCC1C=CC=C(Cl)C=C1. The van der Waals surface area contributed by atoms with E-state index >= 15 is 0 Å². The highest BCUT2D eigenvalue weighted by Gasteiger charge is 1.97. The first kappa shape index (κ1) is 7.62. The van der Waals surface area contributed by atoms with Gasteiger partial charge in [-0.15, -0.1) is 0 Å². The lowest BCUT2D eigenvalue weighted by atomic mass is 10.1. The Morgan fingerprint density at radius 1 is 1.50 bits per heavy atom. The predicted octanol–water partition coefficient (Wildman–Crippen LogP) is 3.26. The van der Waals surface area contributed by atoms with Crippen molar-refractivity contribution in [3.8, 4) is 0 Å². The Bertz CT molecular complexity index is 187. The molecule has 0 bridgehead atoms. The van der Waals surface area contributed by atoms with Crippen LogP contribution in [0.1, 0.15) is 13.3 Å². The third-order valence-electron chi connectivity index (χ3n) is 1.59. The second-order valence-corrected chi connectivity index (χ2v) is 2.80. The van der Waals surface area contributed by atoms with Crippen LogP contribution in [-0.2, 0) is 0 Å². The van der Waals surface area contributed by atoms with Crippen LogP contribution >= 0.6 is 11.6 Å². The van der Waals surface area contributed by atoms with Crippen molar-refractivity contribution in [2.75, 3.05) is 0 Å². The fourth-order valence-electron chi connectivity index (χ4n) is 0.898. The van der Waals surface area contributed by atoms with Gasteiger partial charge < -0.3 is 0 Å². The van der Waals surface area contributed by atoms with Crippen LogP contribution in [0.5, 0.6) is 0 Å². The molecule has 0 aromatic carbocycles. The van der Waals surface area contributed by atoms with Crippen molar-refractivity contribution in [2.24, 2.45) is 5.92 Å². The molecular weight excluding hydrogens is 144 g/mol. The van der Waals surface area contributed by atoms with Crippen molar-refractivity contribution < 1.29 is 0 Å². The number of allylic oxidation sites excluding steroid dienone is 6. The fraction of sp³-hybridized carbons (Fsp3) is 0.333. The summed E-state index contributed by atoms with van der Waals surface area (Å²) in [5.41, 5.74) is 0. The van der Waals surface area contributed by atoms with Crippen LogP contribution in [0, 0.1) is 5.92 Å². The Morgan fingerprint density at radius 3 is 3.00 bits per heavy atom. The van der Waals surface area contributed by atoms with Gasteiger partial charge in [0.15, 0.2) is 0 Å². The summed E-state index contributed by atoms with van der Waals surface area (Å²) in [6.45, 7) is 2.17. The topological polar surface area (TPSA) is 0 Å². The maximum absolute atomic E-state index is 5.77. The van der Waals surface area contributed by atoms with Gasteiger partial charge in [0.1, 0.15) is 0 Å². The molecule has 1 rings (SSSR count). The molecule has 0 radical (unpaired) electrons. The molecule has 0 spiro atoms. The Morgan fingerprint density at radius 2 is 2.30 bits per heavy atom. The molecule has 1 aliphatic rings. The van der Waals surface area contributed by atoms with Gasteiger partial charge in [-0.05, 0) is 24.5 Å². The quantitative estimate of drug-likeness (QED) is 0.544. The van der Waals surface area contributed by atoms with Gasteiger partial charge in [0, 0.05) is 5.03 Å². The predicted molar refractivity (Wildman–Crippen MR) is 46.0 cm³/mol. The maximum Gasteiger partial charge on any atom is 0.0402 e. The Labute approximate surface area is 66.9 Å². The van der Waals surface area contributed by atoms with E-state index in [0.717, 1.165) is 11.5 Å². The van der Waals surface area contributed by atoms with Crippen molar-refractivity contribution in [1.82, 2.24) is 0 Å². The van der Waals surface area contributed by atoms with Crippen molar-refractivity contribution in [3.05, 3.63) is 35.4 Å². The lowest BCUT2D eigenvalue weighted by Gasteiger charge is -1.98. The second-order valence-electron chi connectivity index (χ2n) is 2.37. The highest BCUT2D eigenvalue weighted by atomic mass is 35.5. The molecule has 0 aliphatic heterocycles. The number of halogens is 1. The van der Waals surface area contributed by atoms with Crippen LogP contribution in [0.3, 0.4) is 0 Å². The summed E-state index contributed by atoms with van der Waals surface area (Å²) in [5, 5.41) is 0.812. The van der Waals surface area contributed by atoms with Crippen LogP contribution in [0.2, 0.25) is 0 Å². The lowest BCUT2D eigenvalue weighted by molar-refractivity contribution is 0.775. The summed E-state index contributed by atoms with van der Waals surface area (Å²) in [6.07, 6.45) is 11.3. The molecule has 0 saturated heterocycles. The van der Waals surface area contributed by atoms with E-state index < -0.39 is 0 Å². The molecule has 0 fully saturated rings. The Hall–Kier alpha value is -0.490. The van der Waals surface area contributed by atoms with Crippen LogP contribution < -0.4 is 0 Å². The largest absolute Gasteiger partial charge is 0.0844 e. The van der Waals surface area contributed by atoms with Crippen molar-refractivity contribution in [1.29, 1.82) is 0 Å². The Balaban J connectivity index is 2.68. The van der Waals surface area contributed by atoms with Gasteiger partial charge in [0.05, 0.1) is 0 Å². The summed E-state index contributed by atoms with van der Waals surface area (Å²) >= 11 is 5.77. The molecule has 0 heterocycles. The Kier molecular flexibility index (Phi) is 2.76. The fourth-order valence-corrected chi connectivity index (χ4v) is 1.04. The van der Waals surface area contributed by atoms with Crippen LogP contribution in [0.4, 0.5) is 0 Å². The van der Waals surface area contributed by atoms with Crippen molar-refractivity contribution >= 4 is 11.6 Å². The van der Waals surface area contributed by atoms with E-state index in [1.165, 1.54) is 0 Å². The third kappa shape index (κ3) is 2.03. The number of rotatable bonds is 1. The highest BCUT2D eigenvalue weighted by molar-refractivity contribution is 6.31. The van der Waals surface area contributed by atoms with Crippen LogP contribution in [-0.4, -0.2) is 0 Å². The summed E-state index contributed by atoms with van der Waals surface area (Å²) in [4.78, 5) is 0. The molecule has 0 nitrogen and oxygen atoms in total. The standard InChI is InChI=1S/C9H11Cl/c1-2-8-4-3-5-9(10)7-6-8/h3-8H,2H2,1H3. The van der Waals surface area contributed by atoms with Gasteiger partial charge in [0.2, 0.25) is 0 Å². The zero-order valence-corrected chi connectivity index (χ0v) is 6.81. The monoisotopic (exact) mass is 154 g/mol. The molecular formula is C9H11Cl. The van der Waals surface area contributed by atoms with E-state index in [1.807, 2.05) is 18.2 Å². The normalized spacial score (nSPS) is 24.2.